The molecule has 4 heteroatoms. The lowest BCUT2D eigenvalue weighted by atomic mass is 9.80. The van der Waals surface area contributed by atoms with E-state index in [-0.39, 0.29) is 19.0 Å². The molecule has 4 nitrogen and oxygen atoms in total. The lowest BCUT2D eigenvalue weighted by molar-refractivity contribution is -0.141. The van der Waals surface area contributed by atoms with E-state index in [2.05, 4.69) is 41.7 Å². The van der Waals surface area contributed by atoms with Gasteiger partial charge in [-0.3, -0.25) is 10.1 Å². The minimum atomic E-state index is -0.657. The lowest BCUT2D eigenvalue weighted by Crippen LogP contribution is -2.50. The Labute approximate surface area is 164 Å². The van der Waals surface area contributed by atoms with Crippen LogP contribution in [-0.4, -0.2) is 30.8 Å². The van der Waals surface area contributed by atoms with Crippen LogP contribution in [0.4, 0.5) is 0 Å². The van der Waals surface area contributed by atoms with Gasteiger partial charge in [0.25, 0.3) is 0 Å². The van der Waals surface area contributed by atoms with Gasteiger partial charge in [-0.15, -0.1) is 0 Å². The molecular weight excluding hydrogens is 350 g/mol. The van der Waals surface area contributed by atoms with Crippen LogP contribution in [0.15, 0.2) is 78.9 Å². The highest BCUT2D eigenvalue weighted by Gasteiger charge is 2.45. The van der Waals surface area contributed by atoms with Crippen molar-refractivity contribution in [2.45, 2.75) is 18.0 Å². The number of aliphatic hydroxyl groups is 1. The summed E-state index contributed by atoms with van der Waals surface area (Å²) in [5, 5.41) is 13.6. The number of fused-ring (bicyclic) bond motifs is 3. The highest BCUT2D eigenvalue weighted by Crippen LogP contribution is 2.51. The second kappa shape index (κ2) is 7.58. The molecule has 1 atom stereocenters. The van der Waals surface area contributed by atoms with Gasteiger partial charge in [0, 0.05) is 6.04 Å². The molecule has 0 radical (unpaired) electrons. The second-order valence-electron chi connectivity index (χ2n) is 7.01. The molecule has 0 fully saturated rings. The third-order valence-corrected chi connectivity index (χ3v) is 5.44. The summed E-state index contributed by atoms with van der Waals surface area (Å²) in [4.78, 5) is 11.9. The molecule has 0 amide bonds. The van der Waals surface area contributed by atoms with Gasteiger partial charge in [0.1, 0.15) is 0 Å². The van der Waals surface area contributed by atoms with Crippen LogP contribution in [0.5, 0.6) is 0 Å². The number of esters is 1. The zero-order chi connectivity index (χ0) is 19.6. The number of aliphatic hydroxyl groups excluding tert-OH is 1. The maximum atomic E-state index is 11.9. The summed E-state index contributed by atoms with van der Waals surface area (Å²) in [6.45, 7) is -0.173. The number of hydrogen-bond acceptors (Lipinski definition) is 4. The number of carbonyl (C=O) groups is 1. The van der Waals surface area contributed by atoms with Gasteiger partial charge in [0.2, 0.25) is 0 Å². The quantitative estimate of drug-likeness (QED) is 0.650. The Kier molecular flexibility index (Phi) is 4.99. The Hall–Kier alpha value is -2.95. The summed E-state index contributed by atoms with van der Waals surface area (Å²) < 4.78 is 4.83. The lowest BCUT2D eigenvalue weighted by Gasteiger charge is -2.37. The Bertz CT molecular complexity index is 938. The van der Waals surface area contributed by atoms with E-state index in [1.54, 1.807) is 0 Å². The topological polar surface area (TPSA) is 58.6 Å². The fraction of sp³-hybridized carbons (Fsp3) is 0.208. The third kappa shape index (κ3) is 2.91. The molecule has 3 aromatic carbocycles. The average Bonchev–Trinajstić information content (AvgIpc) is 3.05. The van der Waals surface area contributed by atoms with Crippen LogP contribution in [0.25, 0.3) is 11.1 Å². The number of methoxy groups -OCH3 is 1. The molecule has 0 heterocycles. The molecule has 0 aliphatic heterocycles. The van der Waals surface area contributed by atoms with Crippen LogP contribution in [0.1, 0.15) is 23.1 Å². The molecule has 0 saturated heterocycles. The zero-order valence-electron chi connectivity index (χ0n) is 15.8. The number of rotatable bonds is 6. The number of carbonyl (C=O) groups excluding carboxylic acids is 1. The minimum Gasteiger partial charge on any atom is -0.469 e. The molecule has 0 saturated carbocycles. The predicted molar refractivity (Wildman–Crippen MR) is 109 cm³/mol. The van der Waals surface area contributed by atoms with Crippen LogP contribution < -0.4 is 5.32 Å². The van der Waals surface area contributed by atoms with Gasteiger partial charge in [-0.1, -0.05) is 78.9 Å². The summed E-state index contributed by atoms with van der Waals surface area (Å²) >= 11 is 0. The summed E-state index contributed by atoms with van der Waals surface area (Å²) in [6.07, 6.45) is 0.0892. The van der Waals surface area contributed by atoms with Crippen molar-refractivity contribution in [2.75, 3.05) is 13.7 Å². The van der Waals surface area contributed by atoms with Crippen molar-refractivity contribution in [1.29, 1.82) is 0 Å². The standard InChI is InChI=1S/C24H23NO3/c1-28-23(27)15-18(16-26)25-24(17-9-3-2-4-10-17)21-13-7-5-11-19(21)20-12-6-8-14-22(20)24/h2-14,18,25-26H,15-16H2,1H3. The molecule has 1 aliphatic rings. The number of nitrogens with one attached hydrogen (secondary N) is 1. The molecule has 1 unspecified atom stereocenters. The smallest absolute Gasteiger partial charge is 0.307 e. The number of ether oxygens (including phenoxy) is 1. The maximum absolute atomic E-state index is 11.9. The Morgan fingerprint density at radius 3 is 2.00 bits per heavy atom. The molecule has 1 aliphatic carbocycles. The minimum absolute atomic E-state index is 0.0892. The van der Waals surface area contributed by atoms with Gasteiger partial charge in [0.05, 0.1) is 25.7 Å². The highest BCUT2D eigenvalue weighted by atomic mass is 16.5. The SMILES string of the molecule is COC(=O)CC(CO)NC1(c2ccccc2)c2ccccc2-c2ccccc21. The average molecular weight is 373 g/mol. The van der Waals surface area contributed by atoms with Crippen LogP contribution in [0.2, 0.25) is 0 Å². The van der Waals surface area contributed by atoms with Crippen molar-refractivity contribution in [2.24, 2.45) is 0 Å². The van der Waals surface area contributed by atoms with Crippen LogP contribution in [0, 0.1) is 0 Å². The van der Waals surface area contributed by atoms with Crippen molar-refractivity contribution in [3.63, 3.8) is 0 Å². The predicted octanol–water partition coefficient (Wildman–Crippen LogP) is 3.47. The van der Waals surface area contributed by atoms with Crippen LogP contribution in [-0.2, 0) is 15.1 Å². The molecular formula is C24H23NO3. The first kappa shape index (κ1) is 18.4. The van der Waals surface area contributed by atoms with Crippen molar-refractivity contribution in [1.82, 2.24) is 5.32 Å². The maximum Gasteiger partial charge on any atom is 0.307 e. The van der Waals surface area contributed by atoms with Crippen molar-refractivity contribution in [3.05, 3.63) is 95.6 Å². The Morgan fingerprint density at radius 2 is 1.46 bits per heavy atom. The summed E-state index contributed by atoms with van der Waals surface area (Å²) in [6, 6.07) is 26.3. The van der Waals surface area contributed by atoms with Crippen molar-refractivity contribution < 1.29 is 14.6 Å². The fourth-order valence-corrected chi connectivity index (χ4v) is 4.22. The first-order chi connectivity index (χ1) is 13.7. The largest absolute Gasteiger partial charge is 0.469 e. The van der Waals surface area contributed by atoms with Gasteiger partial charge in [-0.2, -0.15) is 0 Å². The molecule has 142 valence electrons. The monoisotopic (exact) mass is 373 g/mol. The van der Waals surface area contributed by atoms with E-state index < -0.39 is 11.6 Å². The molecule has 28 heavy (non-hydrogen) atoms. The summed E-state index contributed by atoms with van der Waals surface area (Å²) in [5.41, 5.74) is 4.95. The normalized spacial score (nSPS) is 14.8. The summed E-state index contributed by atoms with van der Waals surface area (Å²) in [7, 11) is 1.36. The fourth-order valence-electron chi connectivity index (χ4n) is 4.22. The van der Waals surface area contributed by atoms with E-state index in [9.17, 15) is 9.90 Å². The second-order valence-corrected chi connectivity index (χ2v) is 7.01. The molecule has 0 bridgehead atoms. The summed E-state index contributed by atoms with van der Waals surface area (Å²) in [5.74, 6) is -0.352. The van der Waals surface area contributed by atoms with Gasteiger partial charge in [-0.05, 0) is 27.8 Å². The van der Waals surface area contributed by atoms with E-state index in [0.29, 0.717) is 0 Å². The number of benzene rings is 3. The van der Waals surface area contributed by atoms with E-state index in [0.717, 1.165) is 27.8 Å². The van der Waals surface area contributed by atoms with Crippen LogP contribution >= 0.6 is 0 Å². The third-order valence-electron chi connectivity index (χ3n) is 5.44. The highest BCUT2D eigenvalue weighted by molar-refractivity contribution is 5.83. The molecule has 4 rings (SSSR count). The first-order valence-electron chi connectivity index (χ1n) is 9.41. The molecule has 0 aromatic heterocycles. The van der Waals surface area contributed by atoms with Crippen molar-refractivity contribution >= 4 is 5.97 Å². The molecule has 3 aromatic rings. The van der Waals surface area contributed by atoms with Crippen molar-refractivity contribution in [3.8, 4) is 11.1 Å². The van der Waals surface area contributed by atoms with Crippen LogP contribution in [0.3, 0.4) is 0 Å². The van der Waals surface area contributed by atoms with E-state index >= 15 is 0 Å². The molecule has 2 N–H and O–H groups in total. The first-order valence-corrected chi connectivity index (χ1v) is 9.41. The van der Waals surface area contributed by atoms with Gasteiger partial charge < -0.3 is 9.84 Å². The van der Waals surface area contributed by atoms with E-state index in [4.69, 9.17) is 4.74 Å². The Balaban J connectivity index is 1.94. The number of hydrogen-bond donors (Lipinski definition) is 2. The zero-order valence-corrected chi connectivity index (χ0v) is 15.8. The van der Waals surface area contributed by atoms with Gasteiger partial charge >= 0.3 is 5.97 Å². The Morgan fingerprint density at radius 1 is 0.929 bits per heavy atom. The van der Waals surface area contributed by atoms with E-state index in [1.807, 2.05) is 42.5 Å². The van der Waals surface area contributed by atoms with Gasteiger partial charge in [0.15, 0.2) is 0 Å². The van der Waals surface area contributed by atoms with E-state index in [1.165, 1.54) is 7.11 Å². The molecule has 0 spiro atoms. The van der Waals surface area contributed by atoms with Gasteiger partial charge in [-0.25, -0.2) is 0 Å².